The van der Waals surface area contributed by atoms with Gasteiger partial charge in [-0.1, -0.05) is 41.9 Å². The fraction of sp³-hybridized carbons (Fsp3) is 0.0526. The summed E-state index contributed by atoms with van der Waals surface area (Å²) in [4.78, 5) is 36.2. The van der Waals surface area contributed by atoms with Crippen LogP contribution in [0.3, 0.4) is 0 Å². The highest BCUT2D eigenvalue weighted by Crippen LogP contribution is 2.18. The maximum atomic E-state index is 12.6. The first-order valence-electron chi connectivity index (χ1n) is 8.38. The van der Waals surface area contributed by atoms with Gasteiger partial charge in [0, 0.05) is 11.6 Å². The Morgan fingerprint density at radius 1 is 1.14 bits per heavy atom. The number of fused-ring (bicyclic) bond motifs is 1. The summed E-state index contributed by atoms with van der Waals surface area (Å²) in [5.74, 6) is -0.989. The summed E-state index contributed by atoms with van der Waals surface area (Å²) in [6, 6.07) is 14.5. The first-order valence-corrected chi connectivity index (χ1v) is 8.76. The van der Waals surface area contributed by atoms with Gasteiger partial charge in [0.2, 0.25) is 5.95 Å². The highest BCUT2D eigenvalue weighted by atomic mass is 35.5. The average Bonchev–Trinajstić information content (AvgIpc) is 3.31. The summed E-state index contributed by atoms with van der Waals surface area (Å²) < 4.78 is 1.37. The normalized spacial score (nSPS) is 10.9. The summed E-state index contributed by atoms with van der Waals surface area (Å²) in [5.41, 5.74) is 7.62. The van der Waals surface area contributed by atoms with Crippen molar-refractivity contribution in [2.24, 2.45) is 5.73 Å². The Kier molecular flexibility index (Phi) is 4.54. The van der Waals surface area contributed by atoms with E-state index in [2.05, 4.69) is 20.3 Å². The van der Waals surface area contributed by atoms with Gasteiger partial charge in [0.1, 0.15) is 12.0 Å². The Morgan fingerprint density at radius 3 is 2.64 bits per heavy atom. The second-order valence-electron chi connectivity index (χ2n) is 6.03. The number of aromatic amines is 1. The molecule has 8 nitrogen and oxygen atoms in total. The van der Waals surface area contributed by atoms with Crippen LogP contribution in [0.15, 0.2) is 54.9 Å². The lowest BCUT2D eigenvalue weighted by atomic mass is 10.2. The van der Waals surface area contributed by atoms with Crippen molar-refractivity contribution in [1.29, 1.82) is 0 Å². The van der Waals surface area contributed by atoms with E-state index >= 15 is 0 Å². The SMILES string of the molecule is NC(=O)c1c(C(=O)NCc2ccccc2Cl)ncn1-c1nc2ccccc2[nH]1. The van der Waals surface area contributed by atoms with Crippen LogP contribution in [-0.2, 0) is 6.54 Å². The molecule has 0 atom stereocenters. The zero-order valence-corrected chi connectivity index (χ0v) is 15.3. The molecule has 28 heavy (non-hydrogen) atoms. The molecule has 0 aliphatic heterocycles. The Bertz CT molecular complexity index is 1160. The number of nitrogens with two attached hydrogens (primary N) is 1. The van der Waals surface area contributed by atoms with E-state index in [1.54, 1.807) is 18.2 Å². The first kappa shape index (κ1) is 17.7. The lowest BCUT2D eigenvalue weighted by Gasteiger charge is -2.07. The molecular formula is C19H15ClN6O2. The molecule has 0 saturated heterocycles. The van der Waals surface area contributed by atoms with Crippen LogP contribution in [-0.4, -0.2) is 31.3 Å². The van der Waals surface area contributed by atoms with E-state index in [4.69, 9.17) is 17.3 Å². The van der Waals surface area contributed by atoms with Gasteiger partial charge in [-0.2, -0.15) is 0 Å². The molecule has 0 aliphatic rings. The fourth-order valence-corrected chi connectivity index (χ4v) is 3.07. The average molecular weight is 395 g/mol. The Labute approximate surface area is 164 Å². The van der Waals surface area contributed by atoms with Gasteiger partial charge in [-0.3, -0.25) is 14.2 Å². The molecule has 9 heteroatoms. The first-order chi connectivity index (χ1) is 13.5. The molecule has 4 aromatic rings. The topological polar surface area (TPSA) is 119 Å². The number of carbonyl (C=O) groups excluding carboxylic acids is 2. The number of benzene rings is 2. The second kappa shape index (κ2) is 7.16. The molecule has 4 N–H and O–H groups in total. The molecule has 0 spiro atoms. The molecule has 4 rings (SSSR count). The number of para-hydroxylation sites is 2. The molecule has 0 aliphatic carbocycles. The van der Waals surface area contributed by atoms with E-state index in [1.807, 2.05) is 30.3 Å². The zero-order valence-electron chi connectivity index (χ0n) is 14.5. The van der Waals surface area contributed by atoms with Crippen molar-refractivity contribution in [1.82, 2.24) is 24.8 Å². The number of primary amides is 1. The zero-order chi connectivity index (χ0) is 19.7. The van der Waals surface area contributed by atoms with Gasteiger partial charge in [-0.15, -0.1) is 0 Å². The van der Waals surface area contributed by atoms with E-state index in [9.17, 15) is 9.59 Å². The number of amides is 2. The largest absolute Gasteiger partial charge is 0.364 e. The third-order valence-corrected chi connectivity index (χ3v) is 4.59. The minimum atomic E-state index is -0.791. The number of halogens is 1. The third-order valence-electron chi connectivity index (χ3n) is 4.22. The minimum absolute atomic E-state index is 0.0595. The highest BCUT2D eigenvalue weighted by Gasteiger charge is 2.24. The molecule has 140 valence electrons. The summed E-state index contributed by atoms with van der Waals surface area (Å²) in [5, 5.41) is 3.24. The van der Waals surface area contributed by atoms with Crippen LogP contribution in [0.2, 0.25) is 5.02 Å². The summed E-state index contributed by atoms with van der Waals surface area (Å²) in [6.07, 6.45) is 1.34. The molecule has 0 fully saturated rings. The maximum absolute atomic E-state index is 12.6. The Morgan fingerprint density at radius 2 is 1.89 bits per heavy atom. The maximum Gasteiger partial charge on any atom is 0.272 e. The predicted molar refractivity (Wildman–Crippen MR) is 104 cm³/mol. The van der Waals surface area contributed by atoms with E-state index in [0.29, 0.717) is 16.5 Å². The second-order valence-corrected chi connectivity index (χ2v) is 6.43. The number of hydrogen-bond donors (Lipinski definition) is 3. The third kappa shape index (κ3) is 3.21. The molecule has 0 unspecified atom stereocenters. The van der Waals surface area contributed by atoms with E-state index in [1.165, 1.54) is 10.9 Å². The minimum Gasteiger partial charge on any atom is -0.364 e. The predicted octanol–water partition coefficient (Wildman–Crippen LogP) is 2.43. The smallest absolute Gasteiger partial charge is 0.272 e. The van der Waals surface area contributed by atoms with Gasteiger partial charge in [-0.25, -0.2) is 9.97 Å². The van der Waals surface area contributed by atoms with Crippen molar-refractivity contribution in [3.63, 3.8) is 0 Å². The van der Waals surface area contributed by atoms with Crippen molar-refractivity contribution >= 4 is 34.4 Å². The van der Waals surface area contributed by atoms with Crippen LogP contribution in [0.25, 0.3) is 17.0 Å². The van der Waals surface area contributed by atoms with Crippen LogP contribution < -0.4 is 11.1 Å². The molecule has 2 aromatic carbocycles. The van der Waals surface area contributed by atoms with Crippen LogP contribution in [0, 0.1) is 0 Å². The van der Waals surface area contributed by atoms with Crippen molar-refractivity contribution in [2.75, 3.05) is 0 Å². The number of hydrogen-bond acceptors (Lipinski definition) is 4. The van der Waals surface area contributed by atoms with Crippen LogP contribution in [0.1, 0.15) is 26.5 Å². The number of rotatable bonds is 5. The molecule has 0 radical (unpaired) electrons. The van der Waals surface area contributed by atoms with Gasteiger partial charge < -0.3 is 16.0 Å². The summed E-state index contributed by atoms with van der Waals surface area (Å²) in [6.45, 7) is 0.189. The number of nitrogens with one attached hydrogen (secondary N) is 2. The number of carbonyl (C=O) groups is 2. The summed E-state index contributed by atoms with van der Waals surface area (Å²) in [7, 11) is 0. The van der Waals surface area contributed by atoms with Crippen LogP contribution in [0.4, 0.5) is 0 Å². The quantitative estimate of drug-likeness (QED) is 0.481. The van der Waals surface area contributed by atoms with E-state index < -0.39 is 11.8 Å². The number of nitrogens with zero attached hydrogens (tertiary/aromatic N) is 3. The van der Waals surface area contributed by atoms with E-state index in [0.717, 1.165) is 11.1 Å². The Hall–Kier alpha value is -3.65. The van der Waals surface area contributed by atoms with Gasteiger partial charge in [-0.05, 0) is 23.8 Å². The van der Waals surface area contributed by atoms with E-state index in [-0.39, 0.29) is 17.9 Å². The van der Waals surface area contributed by atoms with Crippen molar-refractivity contribution in [3.05, 3.63) is 76.8 Å². The number of aromatic nitrogens is 4. The molecule has 2 heterocycles. The van der Waals surface area contributed by atoms with Crippen molar-refractivity contribution in [3.8, 4) is 5.95 Å². The lowest BCUT2D eigenvalue weighted by molar-refractivity contribution is 0.0928. The highest BCUT2D eigenvalue weighted by molar-refractivity contribution is 6.31. The number of imidazole rings is 2. The van der Waals surface area contributed by atoms with Gasteiger partial charge >= 0.3 is 0 Å². The van der Waals surface area contributed by atoms with Gasteiger partial charge in [0.05, 0.1) is 11.0 Å². The Balaban J connectivity index is 1.65. The van der Waals surface area contributed by atoms with Crippen molar-refractivity contribution < 1.29 is 9.59 Å². The van der Waals surface area contributed by atoms with Crippen molar-refractivity contribution in [2.45, 2.75) is 6.54 Å². The lowest BCUT2D eigenvalue weighted by Crippen LogP contribution is -2.27. The number of H-pyrrole nitrogens is 1. The standard InChI is InChI=1S/C19H15ClN6O2/c20-12-6-2-1-5-11(12)9-22-18(28)15-16(17(21)27)26(10-23-15)19-24-13-7-3-4-8-14(13)25-19/h1-8,10H,9H2,(H2,21,27)(H,22,28)(H,24,25). The van der Waals surface area contributed by atoms with Crippen LogP contribution >= 0.6 is 11.6 Å². The van der Waals surface area contributed by atoms with Gasteiger partial charge in [0.25, 0.3) is 11.8 Å². The molecule has 0 saturated carbocycles. The van der Waals surface area contributed by atoms with Crippen LogP contribution in [0.5, 0.6) is 0 Å². The summed E-state index contributed by atoms with van der Waals surface area (Å²) >= 11 is 6.10. The monoisotopic (exact) mass is 394 g/mol. The molecular weight excluding hydrogens is 380 g/mol. The molecule has 2 aromatic heterocycles. The van der Waals surface area contributed by atoms with Gasteiger partial charge in [0.15, 0.2) is 5.69 Å². The fourth-order valence-electron chi connectivity index (χ4n) is 2.87. The molecule has 2 amide bonds. The molecule has 0 bridgehead atoms.